The molecule has 1 fully saturated rings. The Morgan fingerprint density at radius 2 is 1.65 bits per heavy atom. The van der Waals surface area contributed by atoms with Gasteiger partial charge in [-0.3, -0.25) is 4.79 Å². The van der Waals surface area contributed by atoms with Gasteiger partial charge in [0.25, 0.3) is 5.69 Å². The highest BCUT2D eigenvalue weighted by Crippen LogP contribution is 2.33. The van der Waals surface area contributed by atoms with E-state index < -0.39 is 68.7 Å². The molecular weight excluding hydrogens is 535 g/mol. The van der Waals surface area contributed by atoms with Crippen LogP contribution < -0.4 is 10.00 Å². The maximum Gasteiger partial charge on any atom is 0.451 e. The topological polar surface area (TPSA) is 109 Å². The lowest BCUT2D eigenvalue weighted by molar-refractivity contribution is -0.657. The van der Waals surface area contributed by atoms with Gasteiger partial charge >= 0.3 is 12.4 Å². The first-order valence-electron chi connectivity index (χ1n) is 10.6. The minimum absolute atomic E-state index is 0.150. The average molecular weight is 552 g/mol. The summed E-state index contributed by atoms with van der Waals surface area (Å²) >= 11 is 0. The third-order valence-electron chi connectivity index (χ3n) is 5.74. The number of rotatable bonds is 6. The number of benzene rings is 1. The van der Waals surface area contributed by atoms with Crippen LogP contribution in [0.5, 0.6) is 0 Å². The molecule has 2 N–H and O–H groups in total. The van der Waals surface area contributed by atoms with Crippen molar-refractivity contribution in [1.82, 2.24) is 20.4 Å². The van der Waals surface area contributed by atoms with Crippen molar-refractivity contribution in [3.05, 3.63) is 65.8 Å². The van der Waals surface area contributed by atoms with Crippen LogP contribution in [0.1, 0.15) is 29.9 Å². The van der Waals surface area contributed by atoms with Gasteiger partial charge in [0, 0.05) is 6.04 Å². The first kappa shape index (κ1) is 26.5. The van der Waals surface area contributed by atoms with Gasteiger partial charge in [-0.2, -0.15) is 31.4 Å². The molecule has 37 heavy (non-hydrogen) atoms. The van der Waals surface area contributed by atoms with Gasteiger partial charge in [0.1, 0.15) is 18.2 Å². The van der Waals surface area contributed by atoms with E-state index in [0.717, 1.165) is 35.1 Å². The van der Waals surface area contributed by atoms with Gasteiger partial charge in [-0.25, -0.2) is 22.8 Å². The lowest BCUT2D eigenvalue weighted by Crippen LogP contribution is -2.54. The predicted molar refractivity (Wildman–Crippen MR) is 110 cm³/mol. The van der Waals surface area contributed by atoms with Crippen LogP contribution in [0.15, 0.2) is 47.8 Å². The molecule has 1 aliphatic rings. The number of hydrogen-bond acceptors (Lipinski definition) is 5. The number of aromatic amines is 1. The number of H-pyrrole nitrogens is 1. The van der Waals surface area contributed by atoms with Crippen LogP contribution in [0.3, 0.4) is 0 Å². The molecular formula is C21H17F7N5O3S+. The molecule has 2 heterocycles. The van der Waals surface area contributed by atoms with Crippen molar-refractivity contribution in [2.24, 2.45) is 0 Å². The van der Waals surface area contributed by atoms with Gasteiger partial charge in [0.15, 0.2) is 15.5 Å². The molecule has 0 spiro atoms. The maximum atomic E-state index is 13.6. The SMILES string of the molecule is O=C(Cc1c[n+](-c2cnc(C(F)(F)F)nc2)[nH]c1C(F)(F)F)N[C@@H]1CC[C@@H]1S(=O)(=O)c1ccc(F)cc1. The number of carbonyl (C=O) groups is 1. The van der Waals surface area contributed by atoms with Crippen molar-refractivity contribution in [2.45, 2.75) is 47.8 Å². The fourth-order valence-corrected chi connectivity index (χ4v) is 5.74. The van der Waals surface area contributed by atoms with Gasteiger partial charge in [0.05, 0.1) is 22.1 Å². The molecule has 1 amide bonds. The summed E-state index contributed by atoms with van der Waals surface area (Å²) in [5, 5.41) is 3.35. The minimum Gasteiger partial charge on any atom is -0.352 e. The Bertz CT molecular complexity index is 1400. The Balaban J connectivity index is 1.51. The summed E-state index contributed by atoms with van der Waals surface area (Å²) in [7, 11) is -3.93. The summed E-state index contributed by atoms with van der Waals surface area (Å²) in [5.74, 6) is -3.02. The smallest absolute Gasteiger partial charge is 0.352 e. The minimum atomic E-state index is -4.95. The average Bonchev–Trinajstić information content (AvgIpc) is 3.20. The summed E-state index contributed by atoms with van der Waals surface area (Å²) in [6.07, 6.45) is -7.95. The number of aromatic nitrogens is 4. The Morgan fingerprint density at radius 1 is 1.03 bits per heavy atom. The summed E-state index contributed by atoms with van der Waals surface area (Å²) in [6, 6.07) is 3.25. The van der Waals surface area contributed by atoms with E-state index in [1.54, 1.807) is 0 Å². The Hall–Kier alpha value is -3.56. The van der Waals surface area contributed by atoms with Gasteiger partial charge in [-0.15, -0.1) is 0 Å². The van der Waals surface area contributed by atoms with E-state index in [-0.39, 0.29) is 23.4 Å². The van der Waals surface area contributed by atoms with Gasteiger partial charge in [-0.05, 0) is 37.1 Å². The van der Waals surface area contributed by atoms with Crippen LogP contribution in [0.2, 0.25) is 0 Å². The van der Waals surface area contributed by atoms with Crippen molar-refractivity contribution in [1.29, 1.82) is 0 Å². The zero-order valence-corrected chi connectivity index (χ0v) is 19.3. The molecule has 0 radical (unpaired) electrons. The van der Waals surface area contributed by atoms with Crippen molar-refractivity contribution >= 4 is 15.7 Å². The molecule has 16 heteroatoms. The Labute approximate surface area is 204 Å². The number of nitrogens with one attached hydrogen (secondary N) is 2. The second-order valence-electron chi connectivity index (χ2n) is 8.24. The summed E-state index contributed by atoms with van der Waals surface area (Å²) in [4.78, 5) is 18.6. The van der Waals surface area contributed by atoms with E-state index in [9.17, 15) is 43.9 Å². The van der Waals surface area contributed by atoms with Crippen LogP contribution >= 0.6 is 0 Å². The van der Waals surface area contributed by atoms with Crippen LogP contribution in [0.25, 0.3) is 5.69 Å². The van der Waals surface area contributed by atoms with E-state index in [4.69, 9.17) is 0 Å². The second-order valence-corrected chi connectivity index (χ2v) is 10.4. The van der Waals surface area contributed by atoms with Crippen LogP contribution in [0.4, 0.5) is 30.7 Å². The number of nitrogens with zero attached hydrogens (tertiary/aromatic N) is 3. The number of alkyl halides is 6. The highest BCUT2D eigenvalue weighted by Gasteiger charge is 2.44. The molecule has 1 aromatic carbocycles. The largest absolute Gasteiger partial charge is 0.451 e. The molecule has 2 atom stereocenters. The Kier molecular flexibility index (Phi) is 6.73. The zero-order valence-electron chi connectivity index (χ0n) is 18.4. The molecule has 0 saturated heterocycles. The Morgan fingerprint density at radius 3 is 2.16 bits per heavy atom. The third kappa shape index (κ3) is 5.57. The molecule has 198 valence electrons. The number of sulfone groups is 1. The molecule has 1 aliphatic carbocycles. The van der Waals surface area contributed by atoms with Crippen molar-refractivity contribution in [3.63, 3.8) is 0 Å². The molecule has 1 saturated carbocycles. The fraction of sp³-hybridized carbons (Fsp3) is 0.333. The monoisotopic (exact) mass is 552 g/mol. The molecule has 3 aromatic rings. The first-order chi connectivity index (χ1) is 17.2. The normalized spacial score (nSPS) is 18.4. The zero-order chi connectivity index (χ0) is 27.2. The quantitative estimate of drug-likeness (QED) is 0.278. The lowest BCUT2D eigenvalue weighted by Gasteiger charge is -2.36. The van der Waals surface area contributed by atoms with Crippen molar-refractivity contribution < 1.29 is 48.6 Å². The van der Waals surface area contributed by atoms with E-state index in [1.165, 1.54) is 0 Å². The van der Waals surface area contributed by atoms with E-state index >= 15 is 0 Å². The molecule has 8 nitrogen and oxygen atoms in total. The number of halogens is 7. The summed E-state index contributed by atoms with van der Waals surface area (Å²) in [5.41, 5.74) is -2.12. The maximum absolute atomic E-state index is 13.6. The van der Waals surface area contributed by atoms with Crippen LogP contribution in [-0.4, -0.2) is 40.7 Å². The molecule has 0 unspecified atom stereocenters. The van der Waals surface area contributed by atoms with Crippen LogP contribution in [0, 0.1) is 5.82 Å². The molecule has 4 rings (SSSR count). The summed E-state index contributed by atoms with van der Waals surface area (Å²) in [6.45, 7) is 0. The third-order valence-corrected chi connectivity index (χ3v) is 8.03. The predicted octanol–water partition coefficient (Wildman–Crippen LogP) is 2.92. The number of hydrogen-bond donors (Lipinski definition) is 2. The van der Waals surface area contributed by atoms with E-state index in [0.29, 0.717) is 12.4 Å². The second kappa shape index (κ2) is 9.39. The van der Waals surface area contributed by atoms with Gasteiger partial charge in [0.2, 0.25) is 17.9 Å². The van der Waals surface area contributed by atoms with E-state index in [1.807, 2.05) is 5.10 Å². The number of amides is 1. The lowest BCUT2D eigenvalue weighted by atomic mass is 9.92. The standard InChI is InChI=1S/C21H16F7N5O3S/c22-12-1-3-14(4-2-12)37(35,36)16-6-5-15(16)31-17(34)7-11-10-33(32-18(11)20(23,24)25)13-8-29-19(30-9-13)21(26,27)28/h1-4,8-10,15-16H,5-7H2,(H,31,34)/p+1/t15-,16+/m1/s1. The highest BCUT2D eigenvalue weighted by atomic mass is 32.2. The van der Waals surface area contributed by atoms with Crippen molar-refractivity contribution in [3.8, 4) is 5.69 Å². The van der Waals surface area contributed by atoms with Gasteiger partial charge < -0.3 is 5.32 Å². The first-order valence-corrected chi connectivity index (χ1v) is 12.1. The van der Waals surface area contributed by atoms with E-state index in [2.05, 4.69) is 15.3 Å². The van der Waals surface area contributed by atoms with Crippen LogP contribution in [-0.2, 0) is 33.4 Å². The fourth-order valence-electron chi connectivity index (χ4n) is 3.79. The number of carbonyl (C=O) groups excluding carboxylic acids is 1. The summed E-state index contributed by atoms with van der Waals surface area (Å²) < 4.78 is 118. The molecule has 2 aromatic heterocycles. The van der Waals surface area contributed by atoms with Crippen molar-refractivity contribution in [2.75, 3.05) is 0 Å². The van der Waals surface area contributed by atoms with Gasteiger partial charge in [-0.1, -0.05) is 4.68 Å². The highest BCUT2D eigenvalue weighted by molar-refractivity contribution is 7.92. The molecule has 0 aliphatic heterocycles. The molecule has 0 bridgehead atoms.